The summed E-state index contributed by atoms with van der Waals surface area (Å²) in [5, 5.41) is 0. The molecule has 0 aromatic heterocycles. The second-order valence-electron chi connectivity index (χ2n) is 5.21. The Balaban J connectivity index is 1.96. The predicted octanol–water partition coefficient (Wildman–Crippen LogP) is 2.79. The Morgan fingerprint density at radius 2 is 2.12 bits per heavy atom. The van der Waals surface area contributed by atoms with Gasteiger partial charge in [0.25, 0.3) is 0 Å². The van der Waals surface area contributed by atoms with E-state index in [4.69, 9.17) is 15.2 Å². The molecule has 1 heterocycles. The van der Waals surface area contributed by atoms with Crippen LogP contribution in [-0.4, -0.2) is 12.7 Å². The van der Waals surface area contributed by atoms with Crippen LogP contribution in [0.2, 0.25) is 0 Å². The Bertz CT molecular complexity index is 424. The molecular weight excluding hydrogens is 214 g/mol. The van der Waals surface area contributed by atoms with E-state index < -0.39 is 0 Å². The van der Waals surface area contributed by atoms with Gasteiger partial charge in [-0.1, -0.05) is 0 Å². The third kappa shape index (κ3) is 1.78. The van der Waals surface area contributed by atoms with Gasteiger partial charge in [-0.3, -0.25) is 0 Å². The lowest BCUT2D eigenvalue weighted by Gasteiger charge is -2.38. The summed E-state index contributed by atoms with van der Waals surface area (Å²) in [4.78, 5) is 0. The molecule has 1 saturated carbocycles. The van der Waals surface area contributed by atoms with Crippen LogP contribution in [0.1, 0.15) is 43.7 Å². The van der Waals surface area contributed by atoms with Crippen LogP contribution in [0.15, 0.2) is 18.2 Å². The number of ether oxygens (including phenoxy) is 2. The van der Waals surface area contributed by atoms with Gasteiger partial charge in [-0.05, 0) is 43.9 Å². The maximum atomic E-state index is 6.29. The fourth-order valence-corrected chi connectivity index (χ4v) is 3.15. The fourth-order valence-electron chi connectivity index (χ4n) is 3.15. The molecule has 0 unspecified atom stereocenters. The van der Waals surface area contributed by atoms with Gasteiger partial charge in [0.05, 0.1) is 7.11 Å². The molecule has 1 aliphatic heterocycles. The van der Waals surface area contributed by atoms with Crippen molar-refractivity contribution in [1.29, 1.82) is 0 Å². The second kappa shape index (κ2) is 3.91. The minimum atomic E-state index is 0.0149. The van der Waals surface area contributed by atoms with Gasteiger partial charge < -0.3 is 15.2 Å². The molecule has 1 aromatic rings. The van der Waals surface area contributed by atoms with E-state index in [-0.39, 0.29) is 11.6 Å². The number of nitrogens with two attached hydrogens (primary N) is 1. The van der Waals surface area contributed by atoms with Crippen LogP contribution in [0.3, 0.4) is 0 Å². The number of benzene rings is 1. The zero-order valence-corrected chi connectivity index (χ0v) is 10.2. The zero-order chi connectivity index (χ0) is 11.9. The van der Waals surface area contributed by atoms with Crippen molar-refractivity contribution in [3.05, 3.63) is 23.8 Å². The molecule has 1 aromatic carbocycles. The van der Waals surface area contributed by atoms with Crippen LogP contribution in [0, 0.1) is 0 Å². The van der Waals surface area contributed by atoms with Crippen LogP contribution >= 0.6 is 0 Å². The van der Waals surface area contributed by atoms with E-state index in [1.165, 1.54) is 12.8 Å². The lowest BCUT2D eigenvalue weighted by atomic mass is 9.86. The van der Waals surface area contributed by atoms with E-state index in [2.05, 4.69) is 0 Å². The largest absolute Gasteiger partial charge is 0.497 e. The molecule has 1 fully saturated rings. The average Bonchev–Trinajstić information content (AvgIpc) is 2.77. The monoisotopic (exact) mass is 233 g/mol. The van der Waals surface area contributed by atoms with Crippen molar-refractivity contribution in [3.63, 3.8) is 0 Å². The van der Waals surface area contributed by atoms with Crippen LogP contribution in [0.5, 0.6) is 11.5 Å². The maximum Gasteiger partial charge on any atom is 0.125 e. The van der Waals surface area contributed by atoms with Crippen molar-refractivity contribution in [2.24, 2.45) is 5.73 Å². The molecule has 1 atom stereocenters. The van der Waals surface area contributed by atoms with Gasteiger partial charge in [0, 0.05) is 18.0 Å². The molecule has 2 aliphatic rings. The van der Waals surface area contributed by atoms with E-state index in [1.54, 1.807) is 7.11 Å². The van der Waals surface area contributed by atoms with Crippen molar-refractivity contribution in [1.82, 2.24) is 0 Å². The maximum absolute atomic E-state index is 6.29. The minimum absolute atomic E-state index is 0.0149. The van der Waals surface area contributed by atoms with Crippen molar-refractivity contribution in [3.8, 4) is 11.5 Å². The normalized spacial score (nSPS) is 25.4. The molecule has 0 radical (unpaired) electrons. The number of fused-ring (bicyclic) bond motifs is 1. The Labute approximate surface area is 102 Å². The summed E-state index contributed by atoms with van der Waals surface area (Å²) in [6.45, 7) is 0. The molecule has 3 rings (SSSR count). The topological polar surface area (TPSA) is 44.5 Å². The Kier molecular flexibility index (Phi) is 2.51. The minimum Gasteiger partial charge on any atom is -0.497 e. The summed E-state index contributed by atoms with van der Waals surface area (Å²) in [6.07, 6.45) is 5.75. The molecule has 2 N–H and O–H groups in total. The van der Waals surface area contributed by atoms with Gasteiger partial charge in [-0.2, -0.15) is 0 Å². The Morgan fingerprint density at radius 1 is 1.35 bits per heavy atom. The highest BCUT2D eigenvalue weighted by molar-refractivity contribution is 5.44. The molecule has 3 heteroatoms. The number of rotatable bonds is 1. The van der Waals surface area contributed by atoms with Gasteiger partial charge in [-0.25, -0.2) is 0 Å². The highest BCUT2D eigenvalue weighted by Crippen LogP contribution is 2.46. The number of hydrogen-bond acceptors (Lipinski definition) is 3. The van der Waals surface area contributed by atoms with Crippen molar-refractivity contribution in [2.75, 3.05) is 7.11 Å². The third-order valence-electron chi connectivity index (χ3n) is 4.05. The van der Waals surface area contributed by atoms with Crippen LogP contribution in [0.25, 0.3) is 0 Å². The van der Waals surface area contributed by atoms with E-state index in [0.29, 0.717) is 0 Å². The van der Waals surface area contributed by atoms with Crippen molar-refractivity contribution in [2.45, 2.75) is 43.7 Å². The number of methoxy groups -OCH3 is 1. The Morgan fingerprint density at radius 3 is 2.82 bits per heavy atom. The molecule has 0 bridgehead atoms. The summed E-state index contributed by atoms with van der Waals surface area (Å²) in [5.41, 5.74) is 7.39. The first-order valence-electron chi connectivity index (χ1n) is 6.35. The van der Waals surface area contributed by atoms with Gasteiger partial charge in [-0.15, -0.1) is 0 Å². The van der Waals surface area contributed by atoms with Crippen molar-refractivity contribution >= 4 is 0 Å². The first-order valence-corrected chi connectivity index (χ1v) is 6.35. The lowest BCUT2D eigenvalue weighted by molar-refractivity contribution is 0.0425. The second-order valence-corrected chi connectivity index (χ2v) is 5.21. The smallest absolute Gasteiger partial charge is 0.125 e. The summed E-state index contributed by atoms with van der Waals surface area (Å²) in [7, 11) is 1.68. The molecule has 1 spiro atoms. The van der Waals surface area contributed by atoms with Gasteiger partial charge in [0.1, 0.15) is 17.1 Å². The lowest BCUT2D eigenvalue weighted by Crippen LogP contribution is -2.40. The van der Waals surface area contributed by atoms with E-state index in [0.717, 1.165) is 36.3 Å². The van der Waals surface area contributed by atoms with Gasteiger partial charge in [0.2, 0.25) is 0 Å². The summed E-state index contributed by atoms with van der Waals surface area (Å²) < 4.78 is 11.4. The summed E-state index contributed by atoms with van der Waals surface area (Å²) >= 11 is 0. The Hall–Kier alpha value is -1.22. The highest BCUT2D eigenvalue weighted by atomic mass is 16.5. The fraction of sp³-hybridized carbons (Fsp3) is 0.571. The van der Waals surface area contributed by atoms with E-state index in [9.17, 15) is 0 Å². The van der Waals surface area contributed by atoms with E-state index >= 15 is 0 Å². The van der Waals surface area contributed by atoms with Crippen LogP contribution in [-0.2, 0) is 0 Å². The summed E-state index contributed by atoms with van der Waals surface area (Å²) in [6, 6.07) is 6.01. The quantitative estimate of drug-likeness (QED) is 0.811. The first kappa shape index (κ1) is 10.9. The van der Waals surface area contributed by atoms with E-state index in [1.807, 2.05) is 18.2 Å². The molecule has 17 heavy (non-hydrogen) atoms. The summed E-state index contributed by atoms with van der Waals surface area (Å²) in [5.74, 6) is 1.80. The number of hydrogen-bond donors (Lipinski definition) is 1. The van der Waals surface area contributed by atoms with Crippen molar-refractivity contribution < 1.29 is 9.47 Å². The van der Waals surface area contributed by atoms with Gasteiger partial charge in [0.15, 0.2) is 0 Å². The molecule has 3 nitrogen and oxygen atoms in total. The molecule has 0 amide bonds. The standard InChI is InChI=1S/C14H19NO2/c1-16-10-4-5-13-11(8-10)12(15)9-14(17-13)6-2-3-7-14/h4-5,8,12H,2-3,6-7,9,15H2,1H3/t12-/m1/s1. The molecule has 0 saturated heterocycles. The van der Waals surface area contributed by atoms with Crippen LogP contribution < -0.4 is 15.2 Å². The molecule has 92 valence electrons. The average molecular weight is 233 g/mol. The van der Waals surface area contributed by atoms with Crippen LogP contribution in [0.4, 0.5) is 0 Å². The highest BCUT2D eigenvalue weighted by Gasteiger charge is 2.42. The first-order chi connectivity index (χ1) is 8.22. The predicted molar refractivity (Wildman–Crippen MR) is 66.4 cm³/mol. The molecular formula is C14H19NO2. The molecule has 1 aliphatic carbocycles. The third-order valence-corrected chi connectivity index (χ3v) is 4.05. The SMILES string of the molecule is COc1ccc2c(c1)[C@H](N)CC1(CCCC1)O2. The zero-order valence-electron chi connectivity index (χ0n) is 10.2. The van der Waals surface area contributed by atoms with Gasteiger partial charge >= 0.3 is 0 Å².